The molecule has 0 N–H and O–H groups in total. The van der Waals surface area contributed by atoms with Crippen molar-refractivity contribution in [2.24, 2.45) is 0 Å². The summed E-state index contributed by atoms with van der Waals surface area (Å²) in [4.78, 5) is 19.8. The normalized spacial score (nSPS) is 15.7. The van der Waals surface area contributed by atoms with Crippen molar-refractivity contribution in [3.63, 3.8) is 0 Å². The van der Waals surface area contributed by atoms with Gasteiger partial charge in [-0.05, 0) is 60.4 Å². The first-order valence-electron chi connectivity index (χ1n) is 10.8. The molecule has 1 atom stereocenters. The van der Waals surface area contributed by atoms with E-state index in [-0.39, 0.29) is 17.8 Å². The molecule has 1 aliphatic rings. The van der Waals surface area contributed by atoms with Crippen LogP contribution in [0.25, 0.3) is 22.2 Å². The molecule has 5 rings (SSSR count). The Morgan fingerprint density at radius 2 is 1.79 bits per heavy atom. The Bertz CT molecular complexity index is 1310. The predicted octanol–water partition coefficient (Wildman–Crippen LogP) is 5.63. The number of nitrogens with zero attached hydrogens (tertiary/aromatic N) is 2. The van der Waals surface area contributed by atoms with Gasteiger partial charge in [0.1, 0.15) is 28.9 Å². The number of carbonyl (C=O) groups is 1. The van der Waals surface area contributed by atoms with Crippen LogP contribution in [-0.4, -0.2) is 36.6 Å². The van der Waals surface area contributed by atoms with E-state index in [1.54, 1.807) is 43.4 Å². The van der Waals surface area contributed by atoms with E-state index in [4.69, 9.17) is 18.9 Å². The van der Waals surface area contributed by atoms with Gasteiger partial charge in [-0.25, -0.2) is 9.37 Å². The van der Waals surface area contributed by atoms with E-state index in [1.807, 2.05) is 24.3 Å². The van der Waals surface area contributed by atoms with Gasteiger partial charge in [-0.2, -0.15) is 0 Å². The molecule has 1 fully saturated rings. The van der Waals surface area contributed by atoms with Crippen molar-refractivity contribution < 1.29 is 23.1 Å². The van der Waals surface area contributed by atoms with Gasteiger partial charge in [0.25, 0.3) is 5.91 Å². The first kappa shape index (κ1) is 21.0. The number of benzene rings is 3. The lowest BCUT2D eigenvalue weighted by atomic mass is 10.1. The summed E-state index contributed by atoms with van der Waals surface area (Å²) in [6.45, 7) is 0.607. The molecule has 1 aliphatic heterocycles. The summed E-state index contributed by atoms with van der Waals surface area (Å²) in [5.74, 6) is 1.20. The third-order valence-electron chi connectivity index (χ3n) is 5.96. The highest BCUT2D eigenvalue weighted by molar-refractivity contribution is 5.95. The van der Waals surface area contributed by atoms with Gasteiger partial charge in [0, 0.05) is 18.2 Å². The monoisotopic (exact) mass is 446 g/mol. The van der Waals surface area contributed by atoms with E-state index in [9.17, 15) is 9.18 Å². The summed E-state index contributed by atoms with van der Waals surface area (Å²) in [7, 11) is 3.11. The molecule has 33 heavy (non-hydrogen) atoms. The fraction of sp³-hybridized carbons (Fsp3) is 0.231. The Balaban J connectivity index is 1.46. The van der Waals surface area contributed by atoms with Crippen LogP contribution in [0.4, 0.5) is 4.39 Å². The van der Waals surface area contributed by atoms with Crippen molar-refractivity contribution in [3.8, 4) is 22.6 Å². The van der Waals surface area contributed by atoms with Gasteiger partial charge in [-0.1, -0.05) is 18.2 Å². The third-order valence-corrected chi connectivity index (χ3v) is 5.96. The summed E-state index contributed by atoms with van der Waals surface area (Å²) in [6, 6.07) is 16.9. The van der Waals surface area contributed by atoms with Crippen molar-refractivity contribution in [1.29, 1.82) is 0 Å². The number of rotatable bonds is 5. The number of aromatic nitrogens is 1. The highest BCUT2D eigenvalue weighted by Crippen LogP contribution is 2.36. The molecular formula is C26H23FN2O4. The number of hydrogen-bond acceptors (Lipinski definition) is 5. The molecule has 2 heterocycles. The van der Waals surface area contributed by atoms with E-state index in [0.29, 0.717) is 40.6 Å². The number of likely N-dealkylation sites (tertiary alicyclic amines) is 1. The second-order valence-corrected chi connectivity index (χ2v) is 8.00. The predicted molar refractivity (Wildman–Crippen MR) is 122 cm³/mol. The molecule has 1 amide bonds. The largest absolute Gasteiger partial charge is 0.497 e. The SMILES string of the molecule is COc1cc(OC)cc(C(=O)N2CCC[C@H]2c2nc3cc(-c4cccc(F)c4)ccc3o2)c1. The van der Waals surface area contributed by atoms with Gasteiger partial charge >= 0.3 is 0 Å². The van der Waals surface area contributed by atoms with Crippen molar-refractivity contribution in [2.75, 3.05) is 20.8 Å². The van der Waals surface area contributed by atoms with Crippen LogP contribution in [0.1, 0.15) is 35.1 Å². The number of methoxy groups -OCH3 is 2. The van der Waals surface area contributed by atoms with Crippen LogP contribution in [0.5, 0.6) is 11.5 Å². The minimum absolute atomic E-state index is 0.127. The molecule has 3 aromatic carbocycles. The molecule has 0 spiro atoms. The van der Waals surface area contributed by atoms with E-state index in [0.717, 1.165) is 24.0 Å². The Labute approximate surface area is 190 Å². The number of oxazole rings is 1. The van der Waals surface area contributed by atoms with Crippen LogP contribution in [0.3, 0.4) is 0 Å². The summed E-state index contributed by atoms with van der Waals surface area (Å²) < 4.78 is 30.3. The second kappa shape index (κ2) is 8.58. The van der Waals surface area contributed by atoms with Crippen LogP contribution < -0.4 is 9.47 Å². The quantitative estimate of drug-likeness (QED) is 0.398. The van der Waals surface area contributed by atoms with Gasteiger partial charge in [0.15, 0.2) is 5.58 Å². The molecule has 0 saturated carbocycles. The fourth-order valence-corrected chi connectivity index (χ4v) is 4.30. The van der Waals surface area contributed by atoms with E-state index in [2.05, 4.69) is 0 Å². The van der Waals surface area contributed by atoms with Crippen molar-refractivity contribution >= 4 is 17.0 Å². The smallest absolute Gasteiger partial charge is 0.254 e. The van der Waals surface area contributed by atoms with Gasteiger partial charge in [0.05, 0.1) is 14.2 Å². The molecule has 168 valence electrons. The second-order valence-electron chi connectivity index (χ2n) is 8.00. The van der Waals surface area contributed by atoms with E-state index >= 15 is 0 Å². The summed E-state index contributed by atoms with van der Waals surface area (Å²) in [5, 5.41) is 0. The van der Waals surface area contributed by atoms with Gasteiger partial charge in [0.2, 0.25) is 5.89 Å². The highest BCUT2D eigenvalue weighted by Gasteiger charge is 2.34. The Kier molecular flexibility index (Phi) is 5.46. The maximum Gasteiger partial charge on any atom is 0.254 e. The molecule has 7 heteroatoms. The zero-order valence-corrected chi connectivity index (χ0v) is 18.4. The number of fused-ring (bicyclic) bond motifs is 1. The summed E-state index contributed by atoms with van der Waals surface area (Å²) in [5.41, 5.74) is 3.42. The molecule has 1 aromatic heterocycles. The average Bonchev–Trinajstić information content (AvgIpc) is 3.49. The van der Waals surface area contributed by atoms with Crippen LogP contribution in [0, 0.1) is 5.82 Å². The maximum atomic E-state index is 13.6. The molecule has 0 aliphatic carbocycles. The molecule has 4 aromatic rings. The number of amides is 1. The van der Waals surface area contributed by atoms with Crippen molar-refractivity contribution in [3.05, 3.63) is 77.9 Å². The number of carbonyl (C=O) groups excluding carboxylic acids is 1. The van der Waals surface area contributed by atoms with Crippen molar-refractivity contribution in [1.82, 2.24) is 9.88 Å². The third kappa shape index (κ3) is 4.02. The number of hydrogen-bond donors (Lipinski definition) is 0. The number of halogens is 1. The lowest BCUT2D eigenvalue weighted by Gasteiger charge is -2.22. The molecule has 0 unspecified atom stereocenters. The minimum Gasteiger partial charge on any atom is -0.497 e. The molecule has 0 bridgehead atoms. The topological polar surface area (TPSA) is 64.8 Å². The minimum atomic E-state index is -0.289. The summed E-state index contributed by atoms with van der Waals surface area (Å²) >= 11 is 0. The Morgan fingerprint density at radius 3 is 2.52 bits per heavy atom. The van der Waals surface area contributed by atoms with Crippen molar-refractivity contribution in [2.45, 2.75) is 18.9 Å². The van der Waals surface area contributed by atoms with Gasteiger partial charge in [-0.3, -0.25) is 4.79 Å². The molecule has 6 nitrogen and oxygen atoms in total. The fourth-order valence-electron chi connectivity index (χ4n) is 4.30. The zero-order chi connectivity index (χ0) is 22.9. The maximum absolute atomic E-state index is 13.6. The van der Waals surface area contributed by atoms with E-state index in [1.165, 1.54) is 12.1 Å². The van der Waals surface area contributed by atoms with Crippen LogP contribution >= 0.6 is 0 Å². The lowest BCUT2D eigenvalue weighted by molar-refractivity contribution is 0.0716. The first-order chi connectivity index (χ1) is 16.1. The molecule has 1 saturated heterocycles. The Hall–Kier alpha value is -3.87. The molecule has 0 radical (unpaired) electrons. The van der Waals surface area contributed by atoms with Crippen LogP contribution in [-0.2, 0) is 0 Å². The van der Waals surface area contributed by atoms with E-state index < -0.39 is 0 Å². The van der Waals surface area contributed by atoms with Crippen LogP contribution in [0.2, 0.25) is 0 Å². The van der Waals surface area contributed by atoms with Gasteiger partial charge in [-0.15, -0.1) is 0 Å². The zero-order valence-electron chi connectivity index (χ0n) is 18.4. The average molecular weight is 446 g/mol. The standard InChI is InChI=1S/C26H23FN2O4/c1-31-20-12-18(13-21(15-20)32-2)26(30)29-10-4-7-23(29)25-28-22-14-17(8-9-24(22)33-25)16-5-3-6-19(27)11-16/h3,5-6,8-9,11-15,23H,4,7,10H2,1-2H3/t23-/m0/s1. The lowest BCUT2D eigenvalue weighted by Crippen LogP contribution is -2.30. The first-order valence-corrected chi connectivity index (χ1v) is 10.8. The highest BCUT2D eigenvalue weighted by atomic mass is 19.1. The summed E-state index contributed by atoms with van der Waals surface area (Å²) in [6.07, 6.45) is 1.61. The van der Waals surface area contributed by atoms with Crippen LogP contribution in [0.15, 0.2) is 65.1 Å². The molecular weight excluding hydrogens is 423 g/mol. The number of ether oxygens (including phenoxy) is 2. The van der Waals surface area contributed by atoms with Gasteiger partial charge < -0.3 is 18.8 Å². The Morgan fingerprint density at radius 1 is 1.03 bits per heavy atom.